The van der Waals surface area contributed by atoms with Crippen LogP contribution >= 0.6 is 0 Å². The Morgan fingerprint density at radius 2 is 2.00 bits per heavy atom. The van der Waals surface area contributed by atoms with Gasteiger partial charge in [-0.1, -0.05) is 32.4 Å². The summed E-state index contributed by atoms with van der Waals surface area (Å²) >= 11 is 0. The molecule has 0 aromatic rings. The molecular formula is C12H19. The van der Waals surface area contributed by atoms with Crippen LogP contribution in [0.3, 0.4) is 0 Å². The first-order valence-corrected chi connectivity index (χ1v) is 5.12. The van der Waals surface area contributed by atoms with Crippen LogP contribution in [0.4, 0.5) is 0 Å². The highest BCUT2D eigenvalue weighted by Gasteiger charge is 2.35. The molecule has 2 aliphatic carbocycles. The van der Waals surface area contributed by atoms with Gasteiger partial charge in [-0.3, -0.25) is 0 Å². The van der Waals surface area contributed by atoms with E-state index in [2.05, 4.69) is 33.3 Å². The van der Waals surface area contributed by atoms with Gasteiger partial charge in [0.05, 0.1) is 0 Å². The predicted molar refractivity (Wildman–Crippen MR) is 52.7 cm³/mol. The first-order valence-electron chi connectivity index (χ1n) is 5.12. The summed E-state index contributed by atoms with van der Waals surface area (Å²) in [5.41, 5.74) is 2.22. The average molecular weight is 163 g/mol. The van der Waals surface area contributed by atoms with E-state index in [0.29, 0.717) is 5.41 Å². The van der Waals surface area contributed by atoms with Crippen LogP contribution in [0.5, 0.6) is 0 Å². The zero-order chi connectivity index (χ0) is 8.77. The smallest absolute Gasteiger partial charge is 0.00832 e. The molecule has 0 bridgehead atoms. The van der Waals surface area contributed by atoms with Crippen molar-refractivity contribution in [2.45, 2.75) is 40.0 Å². The monoisotopic (exact) mass is 163 g/mol. The van der Waals surface area contributed by atoms with Crippen molar-refractivity contribution in [3.8, 4) is 0 Å². The Kier molecular flexibility index (Phi) is 1.82. The SMILES string of the molecule is CC1C[C@H](C2=C[CH]2)CC(C)(C)C1. The molecule has 2 aliphatic rings. The molecule has 2 rings (SSSR count). The van der Waals surface area contributed by atoms with Crippen LogP contribution in [0.1, 0.15) is 40.0 Å². The molecule has 0 saturated heterocycles. The highest BCUT2D eigenvalue weighted by atomic mass is 14.4. The molecule has 1 fully saturated rings. The second-order valence-corrected chi connectivity index (χ2v) is 5.44. The molecule has 12 heavy (non-hydrogen) atoms. The molecule has 1 radical (unpaired) electrons. The molecule has 2 atom stereocenters. The van der Waals surface area contributed by atoms with Gasteiger partial charge in [-0.15, -0.1) is 0 Å². The van der Waals surface area contributed by atoms with Crippen LogP contribution in [-0.4, -0.2) is 0 Å². The van der Waals surface area contributed by atoms with Gasteiger partial charge < -0.3 is 0 Å². The van der Waals surface area contributed by atoms with E-state index >= 15 is 0 Å². The van der Waals surface area contributed by atoms with E-state index in [0.717, 1.165) is 11.8 Å². The number of hydrogen-bond acceptors (Lipinski definition) is 0. The number of rotatable bonds is 1. The number of hydrogen-bond donors (Lipinski definition) is 0. The molecule has 0 aromatic carbocycles. The molecule has 1 unspecified atom stereocenters. The van der Waals surface area contributed by atoms with Crippen LogP contribution in [0.15, 0.2) is 11.6 Å². The Morgan fingerprint density at radius 1 is 1.33 bits per heavy atom. The molecule has 67 valence electrons. The second-order valence-electron chi connectivity index (χ2n) is 5.44. The van der Waals surface area contributed by atoms with Gasteiger partial charge in [0.1, 0.15) is 0 Å². The minimum absolute atomic E-state index is 0.583. The van der Waals surface area contributed by atoms with Crippen molar-refractivity contribution in [2.24, 2.45) is 17.3 Å². The maximum absolute atomic E-state index is 2.42. The summed E-state index contributed by atoms with van der Waals surface area (Å²) < 4.78 is 0. The molecule has 0 heteroatoms. The maximum atomic E-state index is 2.42. The second kappa shape index (κ2) is 2.61. The van der Waals surface area contributed by atoms with Crippen molar-refractivity contribution >= 4 is 0 Å². The highest BCUT2D eigenvalue weighted by Crippen LogP contribution is 2.47. The van der Waals surface area contributed by atoms with Gasteiger partial charge in [-0.05, 0) is 36.5 Å². The lowest BCUT2D eigenvalue weighted by Crippen LogP contribution is -2.27. The van der Waals surface area contributed by atoms with Gasteiger partial charge in [0.2, 0.25) is 0 Å². The molecular weight excluding hydrogens is 144 g/mol. The molecule has 0 heterocycles. The zero-order valence-electron chi connectivity index (χ0n) is 8.43. The lowest BCUT2D eigenvalue weighted by molar-refractivity contribution is 0.153. The van der Waals surface area contributed by atoms with Crippen molar-refractivity contribution in [3.05, 3.63) is 18.1 Å². The largest absolute Gasteiger partial charge is 0.0763 e. The Labute approximate surface area is 76.1 Å². The van der Waals surface area contributed by atoms with Gasteiger partial charge in [-0.2, -0.15) is 0 Å². The van der Waals surface area contributed by atoms with E-state index < -0.39 is 0 Å². The molecule has 0 N–H and O–H groups in total. The van der Waals surface area contributed by atoms with E-state index in [4.69, 9.17) is 0 Å². The molecule has 0 aromatic heterocycles. The summed E-state index contributed by atoms with van der Waals surface area (Å²) in [4.78, 5) is 0. The molecule has 0 spiro atoms. The predicted octanol–water partition coefficient (Wildman–Crippen LogP) is 3.59. The third-order valence-electron chi connectivity index (χ3n) is 3.22. The first kappa shape index (κ1) is 8.34. The highest BCUT2D eigenvalue weighted by molar-refractivity contribution is 5.41. The van der Waals surface area contributed by atoms with E-state index in [-0.39, 0.29) is 0 Å². The van der Waals surface area contributed by atoms with Crippen molar-refractivity contribution < 1.29 is 0 Å². The van der Waals surface area contributed by atoms with E-state index in [9.17, 15) is 0 Å². The van der Waals surface area contributed by atoms with Gasteiger partial charge in [0.25, 0.3) is 0 Å². The summed E-state index contributed by atoms with van der Waals surface area (Å²) in [6, 6.07) is 0. The van der Waals surface area contributed by atoms with E-state index in [1.165, 1.54) is 19.3 Å². The van der Waals surface area contributed by atoms with Gasteiger partial charge >= 0.3 is 0 Å². The van der Waals surface area contributed by atoms with Crippen molar-refractivity contribution in [2.75, 3.05) is 0 Å². The number of allylic oxidation sites excluding steroid dienone is 2. The Bertz CT molecular complexity index is 210. The Morgan fingerprint density at radius 3 is 2.50 bits per heavy atom. The normalized spacial score (nSPS) is 39.1. The van der Waals surface area contributed by atoms with Crippen LogP contribution < -0.4 is 0 Å². The standard InChI is InChI=1S/C12H19/c1-9-6-11(10-4-5-10)8-12(2,3)7-9/h4-5,9,11H,6-8H2,1-3H3/t9?,11-/m0/s1. The Balaban J connectivity index is 2.03. The average Bonchev–Trinajstić information content (AvgIpc) is 2.61. The summed E-state index contributed by atoms with van der Waals surface area (Å²) in [6.07, 6.45) is 8.82. The summed E-state index contributed by atoms with van der Waals surface area (Å²) in [6.45, 7) is 7.23. The summed E-state index contributed by atoms with van der Waals surface area (Å²) in [5.74, 6) is 1.82. The molecule has 0 amide bonds. The topological polar surface area (TPSA) is 0 Å². The maximum Gasteiger partial charge on any atom is 0.00832 e. The minimum Gasteiger partial charge on any atom is -0.0763 e. The lowest BCUT2D eigenvalue weighted by Gasteiger charge is -2.38. The Hall–Kier alpha value is -0.260. The quantitative estimate of drug-likeness (QED) is 0.554. The van der Waals surface area contributed by atoms with Crippen LogP contribution in [0.2, 0.25) is 0 Å². The zero-order valence-corrected chi connectivity index (χ0v) is 8.43. The van der Waals surface area contributed by atoms with Crippen LogP contribution in [-0.2, 0) is 0 Å². The van der Waals surface area contributed by atoms with Crippen molar-refractivity contribution in [3.63, 3.8) is 0 Å². The fraction of sp³-hybridized carbons (Fsp3) is 0.750. The van der Waals surface area contributed by atoms with Gasteiger partial charge in [0.15, 0.2) is 0 Å². The third kappa shape index (κ3) is 1.73. The van der Waals surface area contributed by atoms with Crippen molar-refractivity contribution in [1.29, 1.82) is 0 Å². The fourth-order valence-electron chi connectivity index (χ4n) is 2.92. The molecule has 1 saturated carbocycles. The fourth-order valence-corrected chi connectivity index (χ4v) is 2.92. The van der Waals surface area contributed by atoms with E-state index in [1.807, 2.05) is 0 Å². The van der Waals surface area contributed by atoms with Crippen LogP contribution in [0.25, 0.3) is 0 Å². The van der Waals surface area contributed by atoms with Gasteiger partial charge in [0, 0.05) is 6.42 Å². The van der Waals surface area contributed by atoms with Gasteiger partial charge in [-0.25, -0.2) is 0 Å². The lowest BCUT2D eigenvalue weighted by atomic mass is 9.67. The first-order chi connectivity index (χ1) is 5.57. The van der Waals surface area contributed by atoms with Crippen molar-refractivity contribution in [1.82, 2.24) is 0 Å². The molecule has 0 aliphatic heterocycles. The third-order valence-corrected chi connectivity index (χ3v) is 3.22. The van der Waals surface area contributed by atoms with Crippen LogP contribution in [0, 0.1) is 23.7 Å². The summed E-state index contributed by atoms with van der Waals surface area (Å²) in [5, 5.41) is 0. The summed E-state index contributed by atoms with van der Waals surface area (Å²) in [7, 11) is 0. The minimum atomic E-state index is 0.583. The van der Waals surface area contributed by atoms with E-state index in [1.54, 1.807) is 5.57 Å². The molecule has 0 nitrogen and oxygen atoms in total.